The molecule has 3 heterocycles. The van der Waals surface area contributed by atoms with Gasteiger partial charge in [-0.15, -0.1) is 0 Å². The summed E-state index contributed by atoms with van der Waals surface area (Å²) in [4.78, 5) is 29.2. The van der Waals surface area contributed by atoms with Crippen molar-refractivity contribution in [2.45, 2.75) is 0 Å². The lowest BCUT2D eigenvalue weighted by Crippen LogP contribution is -2.00. The maximum atomic E-state index is 5.14. The summed E-state index contributed by atoms with van der Waals surface area (Å²) in [5, 5.41) is 0. The zero-order valence-corrected chi connectivity index (χ0v) is 24.7. The van der Waals surface area contributed by atoms with E-state index in [9.17, 15) is 0 Å². The minimum Gasteiger partial charge on any atom is -0.264 e. The number of rotatable bonds is 6. The first-order valence-corrected chi connectivity index (χ1v) is 15.0. The highest BCUT2D eigenvalue weighted by Crippen LogP contribution is 2.33. The number of benzene rings is 5. The van der Waals surface area contributed by atoms with Crippen molar-refractivity contribution >= 4 is 11.0 Å². The Kier molecular flexibility index (Phi) is 7.05. The van der Waals surface area contributed by atoms with Crippen LogP contribution in [0.2, 0.25) is 0 Å². The standard InChI is InChI=1S/C40H26N6/c1-4-12-27(13-5-1)36-37(33-20-11-23-41-26-33)43-35-25-31(21-22-34(35)42-36)30-18-10-19-32(24-30)40-45-38(28-14-6-2-7-15-28)44-39(46-40)29-16-8-3-9-17-29/h1-26H. The number of fused-ring (bicyclic) bond motifs is 1. The van der Waals surface area contributed by atoms with Gasteiger partial charge in [-0.25, -0.2) is 24.9 Å². The number of pyridine rings is 1. The zero-order chi connectivity index (χ0) is 30.7. The van der Waals surface area contributed by atoms with E-state index in [0.717, 1.165) is 61.4 Å². The van der Waals surface area contributed by atoms with Crippen LogP contribution in [0.3, 0.4) is 0 Å². The van der Waals surface area contributed by atoms with E-state index in [-0.39, 0.29) is 0 Å². The maximum Gasteiger partial charge on any atom is 0.164 e. The SMILES string of the molecule is c1ccc(-c2nc(-c3ccccc3)nc(-c3cccc(-c4ccc5nc(-c6ccccc6)c(-c6cccnc6)nc5c4)c3)n2)cc1. The maximum absolute atomic E-state index is 5.14. The van der Waals surface area contributed by atoms with E-state index in [2.05, 4.69) is 41.4 Å². The molecule has 216 valence electrons. The Labute approximate surface area is 266 Å². The smallest absolute Gasteiger partial charge is 0.164 e. The minimum absolute atomic E-state index is 0.613. The molecule has 0 N–H and O–H groups in total. The van der Waals surface area contributed by atoms with Crippen LogP contribution in [0.15, 0.2) is 158 Å². The van der Waals surface area contributed by atoms with E-state index in [1.807, 2.05) is 115 Å². The fourth-order valence-corrected chi connectivity index (χ4v) is 5.51. The summed E-state index contributed by atoms with van der Waals surface area (Å²) >= 11 is 0. The summed E-state index contributed by atoms with van der Waals surface area (Å²) in [6.07, 6.45) is 3.60. The van der Waals surface area contributed by atoms with E-state index in [1.165, 1.54) is 0 Å². The molecular weight excluding hydrogens is 564 g/mol. The number of aromatic nitrogens is 6. The van der Waals surface area contributed by atoms with Crippen molar-refractivity contribution in [1.29, 1.82) is 0 Å². The number of hydrogen-bond donors (Lipinski definition) is 0. The Morgan fingerprint density at radius 2 is 0.804 bits per heavy atom. The fraction of sp³-hybridized carbons (Fsp3) is 0. The largest absolute Gasteiger partial charge is 0.264 e. The average Bonchev–Trinajstić information content (AvgIpc) is 3.15. The van der Waals surface area contributed by atoms with Gasteiger partial charge in [0.1, 0.15) is 0 Å². The molecule has 0 aliphatic heterocycles. The van der Waals surface area contributed by atoms with Crippen molar-refractivity contribution in [1.82, 2.24) is 29.9 Å². The van der Waals surface area contributed by atoms with Gasteiger partial charge in [0.05, 0.1) is 22.4 Å². The molecule has 46 heavy (non-hydrogen) atoms. The van der Waals surface area contributed by atoms with Crippen molar-refractivity contribution < 1.29 is 0 Å². The van der Waals surface area contributed by atoms with Gasteiger partial charge in [0.2, 0.25) is 0 Å². The van der Waals surface area contributed by atoms with Gasteiger partial charge in [0.25, 0.3) is 0 Å². The van der Waals surface area contributed by atoms with Crippen molar-refractivity contribution in [3.8, 4) is 67.8 Å². The van der Waals surface area contributed by atoms with Crippen LogP contribution >= 0.6 is 0 Å². The topological polar surface area (TPSA) is 77.3 Å². The molecular formula is C40H26N6. The third-order valence-corrected chi connectivity index (χ3v) is 7.80. The molecule has 0 unspecified atom stereocenters. The van der Waals surface area contributed by atoms with E-state index < -0.39 is 0 Å². The van der Waals surface area contributed by atoms with E-state index in [0.29, 0.717) is 17.5 Å². The van der Waals surface area contributed by atoms with Gasteiger partial charge >= 0.3 is 0 Å². The van der Waals surface area contributed by atoms with E-state index in [1.54, 1.807) is 6.20 Å². The van der Waals surface area contributed by atoms with Gasteiger partial charge in [-0.3, -0.25) is 4.98 Å². The first-order chi connectivity index (χ1) is 22.8. The zero-order valence-electron chi connectivity index (χ0n) is 24.7. The monoisotopic (exact) mass is 590 g/mol. The molecule has 0 bridgehead atoms. The molecule has 6 heteroatoms. The lowest BCUT2D eigenvalue weighted by atomic mass is 10.0. The van der Waals surface area contributed by atoms with Gasteiger partial charge in [-0.2, -0.15) is 0 Å². The Balaban J connectivity index is 1.23. The Morgan fingerprint density at radius 3 is 1.43 bits per heavy atom. The lowest BCUT2D eigenvalue weighted by molar-refractivity contribution is 1.07. The second-order valence-corrected chi connectivity index (χ2v) is 10.9. The second-order valence-electron chi connectivity index (χ2n) is 10.9. The molecule has 0 atom stereocenters. The van der Waals surface area contributed by atoms with E-state index >= 15 is 0 Å². The Bertz CT molecular complexity index is 2230. The van der Waals surface area contributed by atoms with Crippen LogP contribution in [0, 0.1) is 0 Å². The molecule has 6 nitrogen and oxygen atoms in total. The Morgan fingerprint density at radius 1 is 0.304 bits per heavy atom. The second kappa shape index (κ2) is 11.9. The molecule has 0 amide bonds. The highest BCUT2D eigenvalue weighted by atomic mass is 15.0. The molecule has 0 saturated carbocycles. The summed E-state index contributed by atoms with van der Waals surface area (Å²) in [5.41, 5.74) is 10.0. The summed E-state index contributed by atoms with van der Waals surface area (Å²) < 4.78 is 0. The predicted octanol–water partition coefficient (Wildman–Crippen LogP) is 9.21. The first kappa shape index (κ1) is 27.2. The summed E-state index contributed by atoms with van der Waals surface area (Å²) in [6.45, 7) is 0. The van der Waals surface area contributed by atoms with Crippen LogP contribution < -0.4 is 0 Å². The normalized spacial score (nSPS) is 11.0. The highest BCUT2D eigenvalue weighted by Gasteiger charge is 2.16. The third kappa shape index (κ3) is 5.40. The van der Waals surface area contributed by atoms with Gasteiger partial charge in [-0.05, 0) is 41.5 Å². The molecule has 0 spiro atoms. The Hall–Kier alpha value is -6.40. The van der Waals surface area contributed by atoms with Gasteiger partial charge < -0.3 is 0 Å². The van der Waals surface area contributed by atoms with Gasteiger partial charge in [0.15, 0.2) is 17.5 Å². The lowest BCUT2D eigenvalue weighted by Gasteiger charge is -2.12. The molecule has 8 aromatic rings. The number of hydrogen-bond acceptors (Lipinski definition) is 6. The fourth-order valence-electron chi connectivity index (χ4n) is 5.51. The third-order valence-electron chi connectivity index (χ3n) is 7.80. The van der Waals surface area contributed by atoms with Crippen LogP contribution in [-0.4, -0.2) is 29.9 Å². The molecule has 0 saturated heterocycles. The quantitative estimate of drug-likeness (QED) is 0.192. The van der Waals surface area contributed by atoms with Crippen molar-refractivity contribution in [2.75, 3.05) is 0 Å². The predicted molar refractivity (Wildman–Crippen MR) is 183 cm³/mol. The van der Waals surface area contributed by atoms with Crippen molar-refractivity contribution in [3.05, 3.63) is 158 Å². The molecule has 0 radical (unpaired) electrons. The van der Waals surface area contributed by atoms with Crippen LogP contribution in [0.1, 0.15) is 0 Å². The van der Waals surface area contributed by atoms with Gasteiger partial charge in [-0.1, -0.05) is 115 Å². The molecule has 5 aromatic carbocycles. The minimum atomic E-state index is 0.613. The highest BCUT2D eigenvalue weighted by molar-refractivity contribution is 5.89. The molecule has 0 aliphatic rings. The van der Waals surface area contributed by atoms with Gasteiger partial charge in [0, 0.05) is 40.2 Å². The van der Waals surface area contributed by atoms with Crippen LogP contribution in [0.5, 0.6) is 0 Å². The molecule has 0 aliphatic carbocycles. The first-order valence-electron chi connectivity index (χ1n) is 15.0. The summed E-state index contributed by atoms with van der Waals surface area (Å²) in [7, 11) is 0. The summed E-state index contributed by atoms with van der Waals surface area (Å²) in [6, 6.07) is 48.6. The van der Waals surface area contributed by atoms with Crippen LogP contribution in [0.4, 0.5) is 0 Å². The van der Waals surface area contributed by atoms with E-state index in [4.69, 9.17) is 24.9 Å². The van der Waals surface area contributed by atoms with Crippen molar-refractivity contribution in [3.63, 3.8) is 0 Å². The van der Waals surface area contributed by atoms with Crippen molar-refractivity contribution in [2.24, 2.45) is 0 Å². The molecule has 3 aromatic heterocycles. The van der Waals surface area contributed by atoms with Crippen LogP contribution in [-0.2, 0) is 0 Å². The molecule has 8 rings (SSSR count). The molecule has 0 fully saturated rings. The summed E-state index contributed by atoms with van der Waals surface area (Å²) in [5.74, 6) is 1.88. The average molecular weight is 591 g/mol. The number of nitrogens with zero attached hydrogens (tertiary/aromatic N) is 6. The van der Waals surface area contributed by atoms with Crippen LogP contribution in [0.25, 0.3) is 78.8 Å².